The Bertz CT molecular complexity index is 682. The van der Waals surface area contributed by atoms with Crippen LogP contribution in [0, 0.1) is 0 Å². The molecule has 0 spiro atoms. The van der Waals surface area contributed by atoms with Crippen LogP contribution in [0.2, 0.25) is 0 Å². The van der Waals surface area contributed by atoms with E-state index in [2.05, 4.69) is 54.8 Å². The van der Waals surface area contributed by atoms with Crippen LogP contribution in [0.15, 0.2) is 22.5 Å². The molecule has 1 aliphatic heterocycles. The van der Waals surface area contributed by atoms with Crippen LogP contribution in [0.1, 0.15) is 48.6 Å². The smallest absolute Gasteiger partial charge is 0.191 e. The average molecular weight is 488 g/mol. The lowest BCUT2D eigenvalue weighted by molar-refractivity contribution is 0.599. The maximum Gasteiger partial charge on any atom is 0.191 e. The minimum Gasteiger partial charge on any atom is -0.356 e. The Labute approximate surface area is 176 Å². The third-order valence-corrected chi connectivity index (χ3v) is 5.76. The molecule has 0 radical (unpaired) electrons. The average Bonchev–Trinajstić information content (AvgIpc) is 3.23. The number of aliphatic imine (C=N–C) groups is 1. The van der Waals surface area contributed by atoms with Gasteiger partial charge in [0.05, 0.1) is 0 Å². The normalized spacial score (nSPS) is 15.5. The van der Waals surface area contributed by atoms with Gasteiger partial charge in [-0.25, -0.2) is 0 Å². The van der Waals surface area contributed by atoms with Crippen molar-refractivity contribution in [3.8, 4) is 0 Å². The highest BCUT2D eigenvalue weighted by atomic mass is 127. The molecule has 2 aromatic heterocycles. The predicted octanol–water partition coefficient (Wildman–Crippen LogP) is 3.20. The molecule has 0 fully saturated rings. The van der Waals surface area contributed by atoms with Crippen molar-refractivity contribution in [1.82, 2.24) is 25.4 Å². The lowest BCUT2D eigenvalue weighted by Gasteiger charge is -2.15. The minimum atomic E-state index is 0. The summed E-state index contributed by atoms with van der Waals surface area (Å²) in [4.78, 5) is 5.71. The van der Waals surface area contributed by atoms with E-state index in [1.54, 1.807) is 11.3 Å². The van der Waals surface area contributed by atoms with Crippen LogP contribution in [0.5, 0.6) is 0 Å². The fraction of sp³-hybridized carbons (Fsp3) is 0.611. The van der Waals surface area contributed by atoms with Gasteiger partial charge in [-0.1, -0.05) is 19.4 Å². The van der Waals surface area contributed by atoms with Crippen LogP contribution in [-0.4, -0.2) is 40.9 Å². The van der Waals surface area contributed by atoms with E-state index in [1.807, 2.05) is 7.05 Å². The van der Waals surface area contributed by atoms with Gasteiger partial charge in [0.25, 0.3) is 0 Å². The summed E-state index contributed by atoms with van der Waals surface area (Å²) >= 11 is 1.80. The third kappa shape index (κ3) is 5.67. The number of hydrogen-bond acceptors (Lipinski definition) is 4. The number of halogens is 1. The fourth-order valence-electron chi connectivity index (χ4n) is 3.17. The van der Waals surface area contributed by atoms with Crippen LogP contribution < -0.4 is 10.6 Å². The standard InChI is InChI=1S/C18H28N6S.HI/c1-14(15-7-6-12-25-15)13-21-18(19-2)20-10-9-17-23-22-16-8-4-3-5-11-24(16)17;/h6-7,12,14H,3-5,8-11,13H2,1-2H3,(H2,19,20,21);1H. The van der Waals surface area contributed by atoms with Gasteiger partial charge in [-0.15, -0.1) is 45.5 Å². The molecule has 0 saturated carbocycles. The molecule has 1 aliphatic rings. The van der Waals surface area contributed by atoms with Crippen molar-refractivity contribution in [3.63, 3.8) is 0 Å². The van der Waals surface area contributed by atoms with Crippen LogP contribution in [0.3, 0.4) is 0 Å². The molecule has 0 amide bonds. The number of aromatic nitrogens is 3. The molecule has 0 saturated heterocycles. The Morgan fingerprint density at radius 3 is 2.96 bits per heavy atom. The van der Waals surface area contributed by atoms with Gasteiger partial charge < -0.3 is 15.2 Å². The molecule has 0 bridgehead atoms. The second kappa shape index (κ2) is 10.9. The highest BCUT2D eigenvalue weighted by Crippen LogP contribution is 2.19. The van der Waals surface area contributed by atoms with E-state index in [1.165, 1.54) is 24.1 Å². The first kappa shape index (κ1) is 21.1. The summed E-state index contributed by atoms with van der Waals surface area (Å²) in [5.41, 5.74) is 0. The molecular weight excluding hydrogens is 459 g/mol. The van der Waals surface area contributed by atoms with Crippen molar-refractivity contribution in [3.05, 3.63) is 34.0 Å². The molecule has 1 unspecified atom stereocenters. The van der Waals surface area contributed by atoms with Gasteiger partial charge in [0.15, 0.2) is 5.96 Å². The molecule has 1 atom stereocenters. The van der Waals surface area contributed by atoms with E-state index in [-0.39, 0.29) is 24.0 Å². The number of nitrogens with one attached hydrogen (secondary N) is 2. The molecule has 0 aliphatic carbocycles. The molecule has 0 aromatic carbocycles. The molecule has 8 heteroatoms. The Kier molecular flexibility index (Phi) is 8.83. The van der Waals surface area contributed by atoms with Gasteiger partial charge in [0, 0.05) is 50.3 Å². The van der Waals surface area contributed by atoms with E-state index in [0.717, 1.165) is 50.1 Å². The third-order valence-electron chi connectivity index (χ3n) is 4.66. The highest BCUT2D eigenvalue weighted by molar-refractivity contribution is 14.0. The summed E-state index contributed by atoms with van der Waals surface area (Å²) in [7, 11) is 1.81. The topological polar surface area (TPSA) is 67.1 Å². The second-order valence-corrected chi connectivity index (χ2v) is 7.52. The highest BCUT2D eigenvalue weighted by Gasteiger charge is 2.14. The van der Waals surface area contributed by atoms with Gasteiger partial charge in [0.1, 0.15) is 11.6 Å². The Balaban J connectivity index is 0.00000243. The molecule has 144 valence electrons. The van der Waals surface area contributed by atoms with Crippen molar-refractivity contribution >= 4 is 41.3 Å². The van der Waals surface area contributed by atoms with Gasteiger partial charge in [-0.05, 0) is 24.3 Å². The van der Waals surface area contributed by atoms with E-state index in [9.17, 15) is 0 Å². The molecule has 3 rings (SSSR count). The van der Waals surface area contributed by atoms with Crippen molar-refractivity contribution in [2.75, 3.05) is 20.1 Å². The van der Waals surface area contributed by atoms with E-state index < -0.39 is 0 Å². The summed E-state index contributed by atoms with van der Waals surface area (Å²) in [6.45, 7) is 4.98. The van der Waals surface area contributed by atoms with Crippen molar-refractivity contribution in [2.24, 2.45) is 4.99 Å². The number of rotatable bonds is 6. The van der Waals surface area contributed by atoms with Crippen molar-refractivity contribution in [1.29, 1.82) is 0 Å². The van der Waals surface area contributed by atoms with E-state index in [4.69, 9.17) is 0 Å². The summed E-state index contributed by atoms with van der Waals surface area (Å²) in [5, 5.41) is 17.7. The number of guanidine groups is 1. The summed E-state index contributed by atoms with van der Waals surface area (Å²) in [5.74, 6) is 3.57. The van der Waals surface area contributed by atoms with Crippen LogP contribution in [-0.2, 0) is 19.4 Å². The number of thiophene rings is 1. The lowest BCUT2D eigenvalue weighted by atomic mass is 10.1. The maximum absolute atomic E-state index is 4.38. The fourth-order valence-corrected chi connectivity index (χ4v) is 3.95. The van der Waals surface area contributed by atoms with Gasteiger partial charge in [0.2, 0.25) is 0 Å². The van der Waals surface area contributed by atoms with Gasteiger partial charge >= 0.3 is 0 Å². The first-order valence-corrected chi connectivity index (χ1v) is 10.0. The van der Waals surface area contributed by atoms with Crippen LogP contribution in [0.25, 0.3) is 0 Å². The van der Waals surface area contributed by atoms with Gasteiger partial charge in [-0.3, -0.25) is 4.99 Å². The van der Waals surface area contributed by atoms with Crippen LogP contribution in [0.4, 0.5) is 0 Å². The monoisotopic (exact) mass is 488 g/mol. The Morgan fingerprint density at radius 1 is 1.31 bits per heavy atom. The van der Waals surface area contributed by atoms with Crippen LogP contribution >= 0.6 is 35.3 Å². The minimum absolute atomic E-state index is 0. The summed E-state index contributed by atoms with van der Waals surface area (Å²) in [6.07, 6.45) is 5.68. The summed E-state index contributed by atoms with van der Waals surface area (Å²) < 4.78 is 2.31. The largest absolute Gasteiger partial charge is 0.356 e. The summed E-state index contributed by atoms with van der Waals surface area (Å²) in [6, 6.07) is 4.29. The molecular formula is C18H29IN6S. The molecule has 2 N–H and O–H groups in total. The number of nitrogens with zero attached hydrogens (tertiary/aromatic N) is 4. The number of hydrogen-bond donors (Lipinski definition) is 2. The lowest BCUT2D eigenvalue weighted by Crippen LogP contribution is -2.40. The van der Waals surface area contributed by atoms with E-state index >= 15 is 0 Å². The zero-order chi connectivity index (χ0) is 17.5. The number of fused-ring (bicyclic) bond motifs is 1. The quantitative estimate of drug-likeness (QED) is 0.373. The molecule has 6 nitrogen and oxygen atoms in total. The SMILES string of the molecule is CN=C(NCCc1nnc2n1CCCCC2)NCC(C)c1cccs1.I. The zero-order valence-electron chi connectivity index (χ0n) is 15.6. The Morgan fingerprint density at radius 2 is 2.19 bits per heavy atom. The Hall–Kier alpha value is -1.16. The van der Waals surface area contributed by atoms with Gasteiger partial charge in [-0.2, -0.15) is 0 Å². The second-order valence-electron chi connectivity index (χ2n) is 6.54. The molecule has 26 heavy (non-hydrogen) atoms. The first-order chi connectivity index (χ1) is 12.3. The zero-order valence-corrected chi connectivity index (χ0v) is 18.7. The van der Waals surface area contributed by atoms with E-state index in [0.29, 0.717) is 5.92 Å². The van der Waals surface area contributed by atoms with Crippen molar-refractivity contribution < 1.29 is 0 Å². The maximum atomic E-state index is 4.38. The first-order valence-electron chi connectivity index (χ1n) is 9.17. The predicted molar refractivity (Wildman–Crippen MR) is 119 cm³/mol. The molecule has 3 heterocycles. The van der Waals surface area contributed by atoms with Crippen molar-refractivity contribution in [2.45, 2.75) is 51.5 Å². The molecule has 2 aromatic rings. The number of aryl methyl sites for hydroxylation is 1.